The Hall–Kier alpha value is -3.81. The van der Waals surface area contributed by atoms with E-state index in [1.807, 2.05) is 17.0 Å². The molecule has 8 nitrogen and oxygen atoms in total. The Bertz CT molecular complexity index is 1320. The Balaban J connectivity index is 1.37. The van der Waals surface area contributed by atoms with Gasteiger partial charge in [0, 0.05) is 56.5 Å². The minimum Gasteiger partial charge on any atom is -0.352 e. The van der Waals surface area contributed by atoms with Crippen LogP contribution in [0.2, 0.25) is 0 Å². The molecule has 0 spiro atoms. The molecule has 0 atom stereocenters. The van der Waals surface area contributed by atoms with Gasteiger partial charge in [-0.05, 0) is 37.5 Å². The van der Waals surface area contributed by atoms with E-state index in [9.17, 15) is 4.79 Å². The van der Waals surface area contributed by atoms with Crippen LogP contribution in [0.5, 0.6) is 0 Å². The summed E-state index contributed by atoms with van der Waals surface area (Å²) in [6.07, 6.45) is 6.17. The highest BCUT2D eigenvalue weighted by Gasteiger charge is 2.35. The molecule has 3 aromatic heterocycles. The highest BCUT2D eigenvalue weighted by atomic mass is 16.5. The van der Waals surface area contributed by atoms with Gasteiger partial charge in [-0.2, -0.15) is 4.98 Å². The molecule has 6 rings (SSSR count). The molecule has 0 unspecified atom stereocenters. The molecule has 2 fully saturated rings. The summed E-state index contributed by atoms with van der Waals surface area (Å²) in [4.78, 5) is 30.7. The second kappa shape index (κ2) is 8.52. The predicted molar refractivity (Wildman–Crippen MR) is 128 cm³/mol. The Morgan fingerprint density at radius 2 is 1.85 bits per heavy atom. The fourth-order valence-electron chi connectivity index (χ4n) is 4.50. The number of aromatic nitrogens is 4. The molecule has 8 heteroatoms. The molecule has 172 valence electrons. The average molecular weight is 455 g/mol. The second-order valence-corrected chi connectivity index (χ2v) is 9.17. The van der Waals surface area contributed by atoms with E-state index in [0.29, 0.717) is 55.7 Å². The van der Waals surface area contributed by atoms with Gasteiger partial charge < -0.3 is 14.3 Å². The lowest BCUT2D eigenvalue weighted by Crippen LogP contribution is -2.49. The number of benzene rings is 1. The van der Waals surface area contributed by atoms with Gasteiger partial charge in [-0.3, -0.25) is 9.78 Å². The SMILES string of the molecule is Cc1ccc(Cc2nc(N3CCN(C(=O)C4CC4)CC3)c3c(-c4cccnc4)noc3n2)cc1. The number of amides is 1. The Kier molecular flexibility index (Phi) is 5.20. The molecule has 2 aliphatic rings. The number of fused-ring (bicyclic) bond motifs is 1. The van der Waals surface area contributed by atoms with Gasteiger partial charge in [0.25, 0.3) is 5.71 Å². The Labute approximate surface area is 197 Å². The molecule has 1 amide bonds. The molecule has 4 heterocycles. The van der Waals surface area contributed by atoms with Crippen molar-refractivity contribution in [3.05, 3.63) is 65.7 Å². The first-order valence-electron chi connectivity index (χ1n) is 11.8. The number of piperazine rings is 1. The van der Waals surface area contributed by atoms with Crippen LogP contribution < -0.4 is 4.90 Å². The molecule has 0 bridgehead atoms. The number of aryl methyl sites for hydroxylation is 1. The van der Waals surface area contributed by atoms with Crippen molar-refractivity contribution in [3.8, 4) is 11.3 Å². The average Bonchev–Trinajstić information content (AvgIpc) is 3.64. The molecule has 1 saturated heterocycles. The van der Waals surface area contributed by atoms with Crippen molar-refractivity contribution in [2.45, 2.75) is 26.2 Å². The third-order valence-electron chi connectivity index (χ3n) is 6.60. The Morgan fingerprint density at radius 3 is 2.56 bits per heavy atom. The van der Waals surface area contributed by atoms with Crippen LogP contribution in [0.3, 0.4) is 0 Å². The highest BCUT2D eigenvalue weighted by Crippen LogP contribution is 2.35. The number of hydrogen-bond acceptors (Lipinski definition) is 7. The van der Waals surface area contributed by atoms with Gasteiger partial charge in [0.2, 0.25) is 5.91 Å². The summed E-state index contributed by atoms with van der Waals surface area (Å²) in [5.74, 6) is 2.05. The minimum atomic E-state index is 0.244. The molecule has 4 aromatic rings. The predicted octanol–water partition coefficient (Wildman–Crippen LogP) is 3.64. The quantitative estimate of drug-likeness (QED) is 0.455. The monoisotopic (exact) mass is 454 g/mol. The first-order valence-corrected chi connectivity index (χ1v) is 11.8. The topological polar surface area (TPSA) is 88.3 Å². The number of nitrogens with zero attached hydrogens (tertiary/aromatic N) is 6. The van der Waals surface area contributed by atoms with Gasteiger partial charge in [-0.25, -0.2) is 4.98 Å². The first kappa shape index (κ1) is 20.8. The van der Waals surface area contributed by atoms with E-state index in [1.165, 1.54) is 5.56 Å². The second-order valence-electron chi connectivity index (χ2n) is 9.17. The number of carbonyl (C=O) groups excluding carboxylic acids is 1. The van der Waals surface area contributed by atoms with Gasteiger partial charge in [-0.1, -0.05) is 35.0 Å². The zero-order chi connectivity index (χ0) is 23.1. The summed E-state index contributed by atoms with van der Waals surface area (Å²) < 4.78 is 5.71. The van der Waals surface area contributed by atoms with Crippen molar-refractivity contribution in [2.75, 3.05) is 31.1 Å². The van der Waals surface area contributed by atoms with Crippen LogP contribution in [0.25, 0.3) is 22.4 Å². The molecular formula is C26H26N6O2. The minimum absolute atomic E-state index is 0.244. The molecule has 1 saturated carbocycles. The molecule has 0 radical (unpaired) electrons. The van der Waals surface area contributed by atoms with E-state index < -0.39 is 0 Å². The van der Waals surface area contributed by atoms with Crippen LogP contribution in [0.15, 0.2) is 53.3 Å². The third-order valence-corrected chi connectivity index (χ3v) is 6.60. The molecule has 1 aromatic carbocycles. The number of hydrogen-bond donors (Lipinski definition) is 0. The summed E-state index contributed by atoms with van der Waals surface area (Å²) in [5, 5.41) is 5.14. The zero-order valence-electron chi connectivity index (χ0n) is 19.1. The number of anilines is 1. The summed E-state index contributed by atoms with van der Waals surface area (Å²) in [6.45, 7) is 4.90. The van der Waals surface area contributed by atoms with E-state index in [0.717, 1.165) is 35.2 Å². The lowest BCUT2D eigenvalue weighted by molar-refractivity contribution is -0.132. The van der Waals surface area contributed by atoms with Gasteiger partial charge in [0.1, 0.15) is 22.7 Å². The van der Waals surface area contributed by atoms with Crippen LogP contribution in [-0.4, -0.2) is 57.1 Å². The van der Waals surface area contributed by atoms with Crippen LogP contribution >= 0.6 is 0 Å². The Morgan fingerprint density at radius 1 is 1.06 bits per heavy atom. The summed E-state index contributed by atoms with van der Waals surface area (Å²) in [7, 11) is 0. The van der Waals surface area contributed by atoms with E-state index >= 15 is 0 Å². The fourth-order valence-corrected chi connectivity index (χ4v) is 4.50. The summed E-state index contributed by atoms with van der Waals surface area (Å²) in [6, 6.07) is 12.2. The lowest BCUT2D eigenvalue weighted by atomic mass is 10.1. The van der Waals surface area contributed by atoms with Gasteiger partial charge >= 0.3 is 0 Å². The van der Waals surface area contributed by atoms with E-state index in [4.69, 9.17) is 14.5 Å². The lowest BCUT2D eigenvalue weighted by Gasteiger charge is -2.35. The van der Waals surface area contributed by atoms with E-state index in [2.05, 4.69) is 46.2 Å². The smallest absolute Gasteiger partial charge is 0.263 e. The van der Waals surface area contributed by atoms with Gasteiger partial charge in [0.05, 0.1) is 0 Å². The van der Waals surface area contributed by atoms with Crippen LogP contribution in [-0.2, 0) is 11.2 Å². The van der Waals surface area contributed by atoms with Crippen molar-refractivity contribution in [1.29, 1.82) is 0 Å². The maximum atomic E-state index is 12.5. The number of rotatable bonds is 5. The maximum Gasteiger partial charge on any atom is 0.263 e. The maximum absolute atomic E-state index is 12.5. The highest BCUT2D eigenvalue weighted by molar-refractivity contribution is 5.98. The van der Waals surface area contributed by atoms with Crippen molar-refractivity contribution in [1.82, 2.24) is 25.0 Å². The molecule has 1 aliphatic carbocycles. The van der Waals surface area contributed by atoms with Crippen LogP contribution in [0.4, 0.5) is 5.82 Å². The fraction of sp³-hybridized carbons (Fsp3) is 0.346. The van der Waals surface area contributed by atoms with Crippen molar-refractivity contribution >= 4 is 22.8 Å². The molecule has 1 aliphatic heterocycles. The van der Waals surface area contributed by atoms with Crippen molar-refractivity contribution in [3.63, 3.8) is 0 Å². The standard InChI is InChI=1S/C26H26N6O2/c1-17-4-6-18(7-5-17)15-21-28-24(31-11-13-32(14-12-31)26(33)19-8-9-19)22-23(30-34-25(22)29-21)20-3-2-10-27-16-20/h2-7,10,16,19H,8-9,11-15H2,1H3. The summed E-state index contributed by atoms with van der Waals surface area (Å²) >= 11 is 0. The molecular weight excluding hydrogens is 428 g/mol. The zero-order valence-corrected chi connectivity index (χ0v) is 19.1. The largest absolute Gasteiger partial charge is 0.352 e. The molecule has 34 heavy (non-hydrogen) atoms. The van der Waals surface area contributed by atoms with Crippen LogP contribution in [0, 0.1) is 12.8 Å². The van der Waals surface area contributed by atoms with Gasteiger partial charge in [-0.15, -0.1) is 0 Å². The molecule has 0 N–H and O–H groups in total. The number of carbonyl (C=O) groups is 1. The van der Waals surface area contributed by atoms with E-state index in [1.54, 1.807) is 12.4 Å². The number of pyridine rings is 1. The first-order chi connectivity index (χ1) is 16.7. The van der Waals surface area contributed by atoms with Gasteiger partial charge in [0.15, 0.2) is 0 Å². The van der Waals surface area contributed by atoms with Crippen molar-refractivity contribution in [2.24, 2.45) is 5.92 Å². The van der Waals surface area contributed by atoms with Crippen LogP contribution in [0.1, 0.15) is 29.8 Å². The third kappa shape index (κ3) is 4.00. The summed E-state index contributed by atoms with van der Waals surface area (Å²) in [5.41, 5.74) is 4.39. The van der Waals surface area contributed by atoms with E-state index in [-0.39, 0.29) is 5.92 Å². The van der Waals surface area contributed by atoms with Crippen molar-refractivity contribution < 1.29 is 9.32 Å². The normalized spacial score (nSPS) is 16.3.